The lowest BCUT2D eigenvalue weighted by Gasteiger charge is -2.14. The molecular formula is C9H9ClN3O4S-. The lowest BCUT2D eigenvalue weighted by molar-refractivity contribution is -0.133. The third-order valence-corrected chi connectivity index (χ3v) is 2.60. The molecule has 9 heteroatoms. The topological polar surface area (TPSA) is 131 Å². The summed E-state index contributed by atoms with van der Waals surface area (Å²) >= 11 is 2.81. The molecule has 0 aromatic heterocycles. The van der Waals surface area contributed by atoms with Crippen LogP contribution < -0.4 is 16.2 Å². The summed E-state index contributed by atoms with van der Waals surface area (Å²) in [6.45, 7) is 0. The van der Waals surface area contributed by atoms with E-state index < -0.39 is 28.4 Å². The van der Waals surface area contributed by atoms with Crippen molar-refractivity contribution in [2.24, 2.45) is 16.5 Å². The molecule has 0 aliphatic rings. The summed E-state index contributed by atoms with van der Waals surface area (Å²) in [5.74, 6) is -1.51. The summed E-state index contributed by atoms with van der Waals surface area (Å²) in [7, 11) is 0. The zero-order chi connectivity index (χ0) is 13.7. The number of halogens is 1. The van der Waals surface area contributed by atoms with E-state index in [9.17, 15) is 13.6 Å². The van der Waals surface area contributed by atoms with Gasteiger partial charge in [0, 0.05) is 5.02 Å². The highest BCUT2D eigenvalue weighted by atomic mass is 35.5. The van der Waals surface area contributed by atoms with Crippen LogP contribution in [0.1, 0.15) is 0 Å². The number of hydrogen-bond acceptors (Lipinski definition) is 5. The number of nitrogens with two attached hydrogens (primary N) is 2. The van der Waals surface area contributed by atoms with Gasteiger partial charge in [0.05, 0.1) is 0 Å². The minimum Gasteiger partial charge on any atom is -0.770 e. The standard InChI is InChI=1S/C9H10ClN3O4S/c10-5-1-3-6(4-2-5)17-8(14)7(18(15)16)13-9(11)12/h1-4,7H,(H,15,16)(H4,11,12,13)/p-1. The van der Waals surface area contributed by atoms with Gasteiger partial charge in [-0.05, 0) is 35.3 Å². The molecule has 0 bridgehead atoms. The lowest BCUT2D eigenvalue weighted by Crippen LogP contribution is -2.33. The van der Waals surface area contributed by atoms with Crippen LogP contribution in [0, 0.1) is 0 Å². The minimum absolute atomic E-state index is 0.130. The number of hydrogen-bond donors (Lipinski definition) is 2. The number of carbonyl (C=O) groups is 1. The molecule has 0 heterocycles. The molecule has 0 radical (unpaired) electrons. The molecule has 18 heavy (non-hydrogen) atoms. The van der Waals surface area contributed by atoms with Gasteiger partial charge in [-0.3, -0.25) is 4.21 Å². The van der Waals surface area contributed by atoms with Crippen molar-refractivity contribution in [2.75, 3.05) is 0 Å². The van der Waals surface area contributed by atoms with Gasteiger partial charge in [0.15, 0.2) is 5.96 Å². The Morgan fingerprint density at radius 2 is 1.94 bits per heavy atom. The van der Waals surface area contributed by atoms with Gasteiger partial charge >= 0.3 is 5.97 Å². The average molecular weight is 291 g/mol. The number of carbonyl (C=O) groups excluding carboxylic acids is 1. The van der Waals surface area contributed by atoms with Crippen LogP contribution in [-0.4, -0.2) is 26.1 Å². The van der Waals surface area contributed by atoms with Crippen molar-refractivity contribution in [1.82, 2.24) is 0 Å². The lowest BCUT2D eigenvalue weighted by atomic mass is 10.3. The molecule has 4 N–H and O–H groups in total. The smallest absolute Gasteiger partial charge is 0.348 e. The van der Waals surface area contributed by atoms with Crippen LogP contribution in [0.3, 0.4) is 0 Å². The van der Waals surface area contributed by atoms with Crippen molar-refractivity contribution in [3.05, 3.63) is 29.3 Å². The summed E-state index contributed by atoms with van der Waals surface area (Å²) in [6, 6.07) is 5.77. The third kappa shape index (κ3) is 4.32. The molecular weight excluding hydrogens is 282 g/mol. The molecule has 0 aliphatic heterocycles. The number of rotatable bonds is 4. The minimum atomic E-state index is -2.83. The van der Waals surface area contributed by atoms with Gasteiger partial charge < -0.3 is 20.8 Å². The van der Waals surface area contributed by atoms with Crippen LogP contribution in [0.5, 0.6) is 5.75 Å². The first-order chi connectivity index (χ1) is 8.40. The fourth-order valence-corrected chi connectivity index (χ4v) is 1.52. The van der Waals surface area contributed by atoms with E-state index in [-0.39, 0.29) is 5.75 Å². The van der Waals surface area contributed by atoms with Gasteiger partial charge in [-0.15, -0.1) is 0 Å². The first-order valence-corrected chi connectivity index (χ1v) is 6.06. The van der Waals surface area contributed by atoms with Crippen LogP contribution in [-0.2, 0) is 15.9 Å². The molecule has 1 aromatic rings. The summed E-state index contributed by atoms with van der Waals surface area (Å²) in [5.41, 5.74) is 10.0. The Kier molecular flexibility index (Phi) is 5.08. The van der Waals surface area contributed by atoms with Crippen LogP contribution in [0.15, 0.2) is 29.3 Å². The van der Waals surface area contributed by atoms with E-state index in [4.69, 9.17) is 27.8 Å². The van der Waals surface area contributed by atoms with Crippen molar-refractivity contribution < 1.29 is 18.3 Å². The Labute approximate surface area is 110 Å². The van der Waals surface area contributed by atoms with Crippen LogP contribution in [0.4, 0.5) is 0 Å². The molecule has 0 aliphatic carbocycles. The monoisotopic (exact) mass is 290 g/mol. The Morgan fingerprint density at radius 3 is 2.39 bits per heavy atom. The van der Waals surface area contributed by atoms with Gasteiger partial charge in [-0.1, -0.05) is 11.6 Å². The van der Waals surface area contributed by atoms with Crippen molar-refractivity contribution in [2.45, 2.75) is 5.37 Å². The Morgan fingerprint density at radius 1 is 1.39 bits per heavy atom. The van der Waals surface area contributed by atoms with Crippen molar-refractivity contribution in [3.63, 3.8) is 0 Å². The maximum Gasteiger partial charge on any atom is 0.348 e. The Balaban J connectivity index is 2.82. The molecule has 0 spiro atoms. The van der Waals surface area contributed by atoms with Gasteiger partial charge in [0.2, 0.25) is 5.37 Å². The zero-order valence-corrected chi connectivity index (χ0v) is 10.5. The second kappa shape index (κ2) is 6.34. The summed E-state index contributed by atoms with van der Waals surface area (Å²) < 4.78 is 26.3. The van der Waals surface area contributed by atoms with Crippen molar-refractivity contribution in [1.29, 1.82) is 0 Å². The van der Waals surface area contributed by atoms with Gasteiger partial charge in [-0.2, -0.15) is 0 Å². The van der Waals surface area contributed by atoms with E-state index in [1.54, 1.807) is 0 Å². The first-order valence-electron chi connectivity index (χ1n) is 4.54. The number of benzene rings is 1. The van der Waals surface area contributed by atoms with Gasteiger partial charge in [-0.25, -0.2) is 9.79 Å². The molecule has 2 atom stereocenters. The molecule has 0 saturated heterocycles. The van der Waals surface area contributed by atoms with Gasteiger partial charge in [0.25, 0.3) is 0 Å². The maximum absolute atomic E-state index is 11.5. The molecule has 0 fully saturated rings. The van der Waals surface area contributed by atoms with Gasteiger partial charge in [0.1, 0.15) is 5.75 Å². The normalized spacial score (nSPS) is 13.4. The molecule has 2 unspecified atom stereocenters. The fraction of sp³-hybridized carbons (Fsp3) is 0.111. The highest BCUT2D eigenvalue weighted by molar-refractivity contribution is 7.80. The van der Waals surface area contributed by atoms with Crippen LogP contribution in [0.2, 0.25) is 5.02 Å². The summed E-state index contributed by atoms with van der Waals surface area (Å²) in [6.07, 6.45) is 0. The van der Waals surface area contributed by atoms with E-state index >= 15 is 0 Å². The average Bonchev–Trinajstić information content (AvgIpc) is 2.28. The predicted octanol–water partition coefficient (Wildman–Crippen LogP) is -0.276. The molecule has 7 nitrogen and oxygen atoms in total. The second-order valence-corrected chi connectivity index (χ2v) is 4.45. The van der Waals surface area contributed by atoms with E-state index in [1.165, 1.54) is 24.3 Å². The van der Waals surface area contributed by atoms with E-state index in [0.717, 1.165) is 0 Å². The Hall–Kier alpha value is -1.64. The highest BCUT2D eigenvalue weighted by Gasteiger charge is 2.21. The molecule has 0 saturated carbocycles. The summed E-state index contributed by atoms with van der Waals surface area (Å²) in [5, 5.41) is -1.35. The highest BCUT2D eigenvalue weighted by Crippen LogP contribution is 2.16. The second-order valence-electron chi connectivity index (χ2n) is 3.04. The predicted molar refractivity (Wildman–Crippen MR) is 65.6 cm³/mol. The van der Waals surface area contributed by atoms with Crippen molar-refractivity contribution in [3.8, 4) is 5.75 Å². The van der Waals surface area contributed by atoms with E-state index in [1.807, 2.05) is 0 Å². The van der Waals surface area contributed by atoms with E-state index in [0.29, 0.717) is 5.02 Å². The number of ether oxygens (including phenoxy) is 1. The quantitative estimate of drug-likeness (QED) is 0.258. The molecule has 1 rings (SSSR count). The first kappa shape index (κ1) is 14.4. The van der Waals surface area contributed by atoms with Crippen LogP contribution in [0.25, 0.3) is 0 Å². The summed E-state index contributed by atoms with van der Waals surface area (Å²) in [4.78, 5) is 14.8. The van der Waals surface area contributed by atoms with E-state index in [2.05, 4.69) is 4.99 Å². The molecule has 98 valence electrons. The largest absolute Gasteiger partial charge is 0.770 e. The zero-order valence-electron chi connectivity index (χ0n) is 8.91. The number of esters is 1. The van der Waals surface area contributed by atoms with Crippen LogP contribution >= 0.6 is 11.6 Å². The fourth-order valence-electron chi connectivity index (χ4n) is 0.979. The molecule has 0 amide bonds. The number of aliphatic imine (C=N–C) groups is 1. The SMILES string of the molecule is NC(N)=NC(C(=O)Oc1ccc(Cl)cc1)S(=O)[O-]. The number of nitrogens with zero attached hydrogens (tertiary/aromatic N) is 1. The maximum atomic E-state index is 11.5. The molecule has 1 aromatic carbocycles. The van der Waals surface area contributed by atoms with Crippen molar-refractivity contribution >= 4 is 34.6 Å². The number of guanidine groups is 1. The Bertz CT molecular complexity index is 487. The third-order valence-electron chi connectivity index (χ3n) is 1.68.